The first-order chi connectivity index (χ1) is 12.9. The summed E-state index contributed by atoms with van der Waals surface area (Å²) in [6.45, 7) is 2.15. The monoisotopic (exact) mass is 376 g/mol. The fourth-order valence-corrected chi connectivity index (χ4v) is 2.99. The lowest BCUT2D eigenvalue weighted by atomic mass is 10.0. The number of halogens is 3. The highest BCUT2D eigenvalue weighted by molar-refractivity contribution is 5.86. The van der Waals surface area contributed by atoms with Crippen LogP contribution in [0.2, 0.25) is 0 Å². The number of nitrogens with two attached hydrogens (primary N) is 1. The number of hydrogen-bond donors (Lipinski definition) is 1. The van der Waals surface area contributed by atoms with Gasteiger partial charge in [-0.1, -0.05) is 18.2 Å². The van der Waals surface area contributed by atoms with Crippen molar-refractivity contribution in [2.24, 2.45) is 0 Å². The minimum atomic E-state index is -4.50. The molecule has 0 saturated carbocycles. The van der Waals surface area contributed by atoms with Gasteiger partial charge in [0.1, 0.15) is 0 Å². The van der Waals surface area contributed by atoms with Crippen LogP contribution in [-0.2, 0) is 10.9 Å². The van der Waals surface area contributed by atoms with Crippen molar-refractivity contribution in [1.82, 2.24) is 19.9 Å². The van der Waals surface area contributed by atoms with Crippen molar-refractivity contribution in [2.75, 3.05) is 36.9 Å². The van der Waals surface area contributed by atoms with Crippen LogP contribution in [0.3, 0.4) is 0 Å². The normalized spacial score (nSPS) is 15.3. The molecule has 3 heterocycles. The average molecular weight is 376 g/mol. The Hall–Kier alpha value is -3.01. The van der Waals surface area contributed by atoms with E-state index in [1.54, 1.807) is 0 Å². The van der Waals surface area contributed by atoms with E-state index in [1.165, 1.54) is 24.4 Å². The lowest BCUT2D eigenvalue weighted by molar-refractivity contribution is -0.137. The number of anilines is 2. The molecule has 1 aliphatic heterocycles. The third-order valence-electron chi connectivity index (χ3n) is 4.22. The summed E-state index contributed by atoms with van der Waals surface area (Å²) < 4.78 is 45.4. The standard InChI is InChI=1S/C17H15F3N6O/c18-17(19,20)11-4-2-1-3-10(11)12-9-22-14-13(23-12)15(25-16(21)24-14)26-5-7-27-8-6-26/h1-4,9H,5-8H2,(H2,21,22,24,25). The molecule has 140 valence electrons. The van der Waals surface area contributed by atoms with Gasteiger partial charge >= 0.3 is 6.18 Å². The molecule has 7 nitrogen and oxygen atoms in total. The molecule has 1 aliphatic rings. The third-order valence-corrected chi connectivity index (χ3v) is 4.22. The van der Waals surface area contributed by atoms with E-state index >= 15 is 0 Å². The molecule has 1 saturated heterocycles. The topological polar surface area (TPSA) is 90.0 Å². The van der Waals surface area contributed by atoms with Crippen molar-refractivity contribution in [3.05, 3.63) is 36.0 Å². The predicted octanol–water partition coefficient (Wildman–Crippen LogP) is 2.52. The minimum Gasteiger partial charge on any atom is -0.378 e. The van der Waals surface area contributed by atoms with E-state index in [4.69, 9.17) is 10.5 Å². The van der Waals surface area contributed by atoms with E-state index in [2.05, 4.69) is 19.9 Å². The Morgan fingerprint density at radius 1 is 1.04 bits per heavy atom. The maximum absolute atomic E-state index is 13.4. The second kappa shape index (κ2) is 6.62. The molecule has 2 N–H and O–H groups in total. The fourth-order valence-electron chi connectivity index (χ4n) is 2.99. The van der Waals surface area contributed by atoms with E-state index in [-0.39, 0.29) is 22.9 Å². The zero-order valence-electron chi connectivity index (χ0n) is 14.1. The van der Waals surface area contributed by atoms with Gasteiger partial charge in [0.2, 0.25) is 5.95 Å². The van der Waals surface area contributed by atoms with Crippen LogP contribution in [0.1, 0.15) is 5.56 Å². The Morgan fingerprint density at radius 3 is 2.52 bits per heavy atom. The molecule has 0 aliphatic carbocycles. The quantitative estimate of drug-likeness (QED) is 0.735. The second-order valence-corrected chi connectivity index (χ2v) is 5.98. The van der Waals surface area contributed by atoms with Gasteiger partial charge in [-0.25, -0.2) is 9.97 Å². The summed E-state index contributed by atoms with van der Waals surface area (Å²) in [5.41, 5.74) is 5.57. The van der Waals surface area contributed by atoms with E-state index in [0.717, 1.165) is 6.07 Å². The number of alkyl halides is 3. The smallest absolute Gasteiger partial charge is 0.378 e. The number of hydrogen-bond acceptors (Lipinski definition) is 7. The number of morpholine rings is 1. The highest BCUT2D eigenvalue weighted by Gasteiger charge is 2.34. The Labute approximate surface area is 152 Å². The lowest BCUT2D eigenvalue weighted by Crippen LogP contribution is -2.37. The van der Waals surface area contributed by atoms with Crippen LogP contribution in [0, 0.1) is 0 Å². The van der Waals surface area contributed by atoms with Gasteiger partial charge in [-0.15, -0.1) is 0 Å². The van der Waals surface area contributed by atoms with Crippen molar-refractivity contribution in [3.63, 3.8) is 0 Å². The zero-order chi connectivity index (χ0) is 19.0. The number of ether oxygens (including phenoxy) is 1. The summed E-state index contributed by atoms with van der Waals surface area (Å²) in [5, 5.41) is 0. The van der Waals surface area contributed by atoms with Gasteiger partial charge < -0.3 is 15.4 Å². The molecule has 1 aromatic carbocycles. The number of rotatable bonds is 2. The van der Waals surface area contributed by atoms with E-state index in [1.807, 2.05) is 4.90 Å². The average Bonchev–Trinajstić information content (AvgIpc) is 2.67. The number of aromatic nitrogens is 4. The molecular formula is C17H15F3N6O. The van der Waals surface area contributed by atoms with Crippen LogP contribution in [-0.4, -0.2) is 46.2 Å². The van der Waals surface area contributed by atoms with Crippen LogP contribution >= 0.6 is 0 Å². The van der Waals surface area contributed by atoms with Gasteiger partial charge in [-0.2, -0.15) is 23.1 Å². The Morgan fingerprint density at radius 2 is 1.78 bits per heavy atom. The lowest BCUT2D eigenvalue weighted by Gasteiger charge is -2.28. The van der Waals surface area contributed by atoms with Crippen LogP contribution in [0.5, 0.6) is 0 Å². The molecule has 3 aromatic rings. The molecule has 0 radical (unpaired) electrons. The molecule has 0 atom stereocenters. The summed E-state index contributed by atoms with van der Waals surface area (Å²) >= 11 is 0. The van der Waals surface area contributed by atoms with Crippen LogP contribution in [0.15, 0.2) is 30.5 Å². The molecule has 2 aromatic heterocycles. The first-order valence-corrected chi connectivity index (χ1v) is 8.23. The maximum Gasteiger partial charge on any atom is 0.417 e. The van der Waals surface area contributed by atoms with E-state index in [9.17, 15) is 13.2 Å². The summed E-state index contributed by atoms with van der Waals surface area (Å²) in [7, 11) is 0. The van der Waals surface area contributed by atoms with Gasteiger partial charge in [0.05, 0.1) is 30.7 Å². The highest BCUT2D eigenvalue weighted by atomic mass is 19.4. The number of fused-ring (bicyclic) bond motifs is 1. The van der Waals surface area contributed by atoms with Crippen molar-refractivity contribution >= 4 is 22.9 Å². The molecular weight excluding hydrogens is 361 g/mol. The molecule has 4 rings (SSSR count). The number of nitrogens with zero attached hydrogens (tertiary/aromatic N) is 5. The van der Waals surface area contributed by atoms with E-state index < -0.39 is 11.7 Å². The van der Waals surface area contributed by atoms with Gasteiger partial charge in [0, 0.05) is 18.7 Å². The van der Waals surface area contributed by atoms with E-state index in [0.29, 0.717) is 37.6 Å². The molecule has 0 spiro atoms. The van der Waals surface area contributed by atoms with Crippen LogP contribution in [0.4, 0.5) is 24.9 Å². The van der Waals surface area contributed by atoms with Gasteiger partial charge in [-0.3, -0.25) is 0 Å². The zero-order valence-corrected chi connectivity index (χ0v) is 14.1. The number of nitrogen functional groups attached to an aromatic ring is 1. The highest BCUT2D eigenvalue weighted by Crippen LogP contribution is 2.36. The van der Waals surface area contributed by atoms with Crippen molar-refractivity contribution in [1.29, 1.82) is 0 Å². The predicted molar refractivity (Wildman–Crippen MR) is 93.0 cm³/mol. The maximum atomic E-state index is 13.4. The summed E-state index contributed by atoms with van der Waals surface area (Å²) in [6.07, 6.45) is -3.24. The Bertz CT molecular complexity index is 988. The molecule has 10 heteroatoms. The second-order valence-electron chi connectivity index (χ2n) is 5.98. The fraction of sp³-hybridized carbons (Fsp3) is 0.294. The van der Waals surface area contributed by atoms with Gasteiger partial charge in [0.15, 0.2) is 17.0 Å². The van der Waals surface area contributed by atoms with Crippen molar-refractivity contribution in [2.45, 2.75) is 6.18 Å². The Balaban J connectivity index is 1.89. The SMILES string of the molecule is Nc1nc(N2CCOCC2)c2nc(-c3ccccc3C(F)(F)F)cnc2n1. The minimum absolute atomic E-state index is 0.0294. The molecule has 0 bridgehead atoms. The summed E-state index contributed by atoms with van der Waals surface area (Å²) in [4.78, 5) is 18.8. The van der Waals surface area contributed by atoms with Crippen LogP contribution in [0.25, 0.3) is 22.4 Å². The molecule has 0 amide bonds. The molecule has 1 fully saturated rings. The third kappa shape index (κ3) is 3.35. The summed E-state index contributed by atoms with van der Waals surface area (Å²) in [6, 6.07) is 5.25. The molecule has 0 unspecified atom stereocenters. The summed E-state index contributed by atoms with van der Waals surface area (Å²) in [5.74, 6) is 0.473. The first-order valence-electron chi connectivity index (χ1n) is 8.23. The number of benzene rings is 1. The first kappa shape index (κ1) is 17.4. The van der Waals surface area contributed by atoms with Gasteiger partial charge in [-0.05, 0) is 6.07 Å². The Kier molecular flexibility index (Phi) is 4.27. The van der Waals surface area contributed by atoms with Crippen LogP contribution < -0.4 is 10.6 Å². The van der Waals surface area contributed by atoms with Gasteiger partial charge in [0.25, 0.3) is 0 Å². The molecule has 27 heavy (non-hydrogen) atoms. The van der Waals surface area contributed by atoms with Crippen molar-refractivity contribution in [3.8, 4) is 11.3 Å². The van der Waals surface area contributed by atoms with Crippen molar-refractivity contribution < 1.29 is 17.9 Å². The largest absolute Gasteiger partial charge is 0.417 e.